The predicted octanol–water partition coefficient (Wildman–Crippen LogP) is 7.88. The molecule has 69 heavy (non-hydrogen) atoms. The summed E-state index contributed by atoms with van der Waals surface area (Å²) in [7, 11) is 3.25. The highest BCUT2D eigenvalue weighted by Crippen LogP contribution is 2.49. The number of halogens is 1. The van der Waals surface area contributed by atoms with E-state index in [1.807, 2.05) is 65.8 Å². The number of nitrogens with two attached hydrogens (primary N) is 1. The van der Waals surface area contributed by atoms with Gasteiger partial charge in [0.25, 0.3) is 11.8 Å². The molecule has 0 bridgehead atoms. The van der Waals surface area contributed by atoms with Gasteiger partial charge in [0.1, 0.15) is 16.7 Å². The number of carboxylic acid groups (broad SMARTS) is 1. The van der Waals surface area contributed by atoms with Gasteiger partial charge in [-0.2, -0.15) is 0 Å². The number of rotatable bonds is 12. The van der Waals surface area contributed by atoms with Crippen LogP contribution in [0.15, 0.2) is 70.6 Å². The normalized spacial score (nSPS) is 18.4. The van der Waals surface area contributed by atoms with Gasteiger partial charge < -0.3 is 40.0 Å². The molecule has 0 aliphatic carbocycles. The van der Waals surface area contributed by atoms with E-state index in [4.69, 9.17) is 34.7 Å². The zero-order valence-corrected chi connectivity index (χ0v) is 42.7. The second kappa shape index (κ2) is 17.2. The maximum Gasteiger partial charge on any atom is 0.331 e. The summed E-state index contributed by atoms with van der Waals surface area (Å²) in [5.41, 5.74) is 8.78. The molecular formula is C54H64ClN5O9. The van der Waals surface area contributed by atoms with Crippen LogP contribution in [-0.2, 0) is 35.3 Å². The van der Waals surface area contributed by atoms with Crippen molar-refractivity contribution in [3.05, 3.63) is 116 Å². The smallest absolute Gasteiger partial charge is 0.331 e. The lowest BCUT2D eigenvalue weighted by atomic mass is 9.80. The van der Waals surface area contributed by atoms with Crippen LogP contribution in [0.1, 0.15) is 141 Å². The van der Waals surface area contributed by atoms with E-state index in [1.54, 1.807) is 50.6 Å². The second-order valence-corrected chi connectivity index (χ2v) is 21.8. The minimum atomic E-state index is -2.20. The van der Waals surface area contributed by atoms with Gasteiger partial charge in [-0.05, 0) is 137 Å². The maximum absolute atomic E-state index is 15.1. The number of aliphatic imine (C=N–C) groups is 2. The highest BCUT2D eigenvalue weighted by molar-refractivity contribution is 6.18. The molecule has 4 heterocycles. The van der Waals surface area contributed by atoms with E-state index in [-0.39, 0.29) is 23.5 Å². The van der Waals surface area contributed by atoms with E-state index >= 15 is 4.79 Å². The van der Waals surface area contributed by atoms with Crippen LogP contribution < -0.4 is 30.0 Å². The number of benzene rings is 4. The van der Waals surface area contributed by atoms with Crippen molar-refractivity contribution in [2.24, 2.45) is 15.7 Å². The average molecular weight is 963 g/mol. The fourth-order valence-electron chi connectivity index (χ4n) is 10.4. The Morgan fingerprint density at radius 3 is 1.57 bits per heavy atom. The van der Waals surface area contributed by atoms with Crippen molar-refractivity contribution in [3.63, 3.8) is 0 Å². The molecule has 1 atom stereocenters. The van der Waals surface area contributed by atoms with Gasteiger partial charge in [-0.25, -0.2) is 4.79 Å². The number of carbonyl (C=O) groups excluding carboxylic acids is 3. The quantitative estimate of drug-likeness (QED) is 0.127. The third kappa shape index (κ3) is 9.03. The first-order chi connectivity index (χ1) is 31.6. The number of amides is 3. The lowest BCUT2D eigenvalue weighted by Crippen LogP contribution is -2.70. The molecule has 0 aromatic heterocycles. The zero-order chi connectivity index (χ0) is 49.7. The number of nitrogens with one attached hydrogen (secondary N) is 1. The summed E-state index contributed by atoms with van der Waals surface area (Å²) < 4.78 is 24.4. The number of ether oxygens (including phenoxy) is 4. The van der Waals surface area contributed by atoms with Crippen molar-refractivity contribution in [1.29, 1.82) is 0 Å². The summed E-state index contributed by atoms with van der Waals surface area (Å²) in [6, 6.07) is 17.8. The topological polar surface area (TPSA) is 191 Å². The summed E-state index contributed by atoms with van der Waals surface area (Å²) in [5, 5.41) is 13.9. The molecule has 15 heteroatoms. The standard InChI is InChI=1S/C54H63N5O9.ClH/c1-49(2)24-33-22-37(65-12)43-35(26-51(5,6)67-43)39(33)41(57-49)29-16-14-18-31(20-29)45(60)56-28-54(11,48(63)64)59(53(9,10)47(55)62)46(61)32-19-15-17-30(21-32)42-40-34(25-50(3,4)58-42)23-38(66-13)44-36(40)27-52(7,8)68-44;/h14-23H,24-28H2,1-13H3,(H2,55,62)(H,56,60)(H,63,64);1H/t54-;/m0./s1. The lowest BCUT2D eigenvalue weighted by Gasteiger charge is -2.46. The van der Waals surface area contributed by atoms with Crippen molar-refractivity contribution in [2.75, 3.05) is 20.8 Å². The Hall–Kier alpha value is -6.41. The first kappa shape index (κ1) is 50.5. The van der Waals surface area contributed by atoms with E-state index in [9.17, 15) is 19.5 Å². The van der Waals surface area contributed by atoms with Gasteiger partial charge in [-0.1, -0.05) is 24.3 Å². The Labute approximate surface area is 410 Å². The van der Waals surface area contributed by atoms with Gasteiger partial charge in [-0.15, -0.1) is 12.4 Å². The average Bonchev–Trinajstić information content (AvgIpc) is 3.77. The highest BCUT2D eigenvalue weighted by Gasteiger charge is 2.52. The van der Waals surface area contributed by atoms with E-state index in [2.05, 4.69) is 19.2 Å². The van der Waals surface area contributed by atoms with Crippen molar-refractivity contribution in [2.45, 2.75) is 135 Å². The molecule has 4 aromatic carbocycles. The molecule has 0 unspecified atom stereocenters. The number of carbonyl (C=O) groups is 4. The van der Waals surface area contributed by atoms with Crippen molar-refractivity contribution < 1.29 is 43.2 Å². The van der Waals surface area contributed by atoms with Crippen molar-refractivity contribution >= 4 is 47.5 Å². The number of hydrogen-bond acceptors (Lipinski definition) is 10. The van der Waals surface area contributed by atoms with E-state index < -0.39 is 63.6 Å². The molecule has 0 spiro atoms. The van der Waals surface area contributed by atoms with Gasteiger partial charge >= 0.3 is 5.97 Å². The van der Waals surface area contributed by atoms with Crippen LogP contribution in [0.25, 0.3) is 0 Å². The monoisotopic (exact) mass is 961 g/mol. The molecule has 0 saturated carbocycles. The number of primary amides is 1. The van der Waals surface area contributed by atoms with E-state index in [1.165, 1.54) is 20.8 Å². The van der Waals surface area contributed by atoms with Crippen LogP contribution >= 0.6 is 12.4 Å². The molecule has 4 aliphatic rings. The first-order valence-electron chi connectivity index (χ1n) is 23.0. The third-order valence-corrected chi connectivity index (χ3v) is 13.5. The lowest BCUT2D eigenvalue weighted by molar-refractivity contribution is -0.153. The van der Waals surface area contributed by atoms with Crippen LogP contribution in [0.3, 0.4) is 0 Å². The Balaban J connectivity index is 0.00000703. The van der Waals surface area contributed by atoms with Gasteiger partial charge in [0.15, 0.2) is 28.5 Å². The summed E-state index contributed by atoms with van der Waals surface area (Å²) in [5.74, 6) is -1.17. The molecule has 4 aliphatic heterocycles. The minimum absolute atomic E-state index is 0. The first-order valence-corrected chi connectivity index (χ1v) is 23.0. The number of aliphatic carboxylic acids is 1. The summed E-state index contributed by atoms with van der Waals surface area (Å²) in [6.45, 7) is 19.8. The largest absolute Gasteiger partial charge is 0.493 e. The third-order valence-electron chi connectivity index (χ3n) is 13.5. The molecule has 8 rings (SSSR count). The van der Waals surface area contributed by atoms with Crippen LogP contribution in [0.4, 0.5) is 0 Å². The number of methoxy groups -OCH3 is 2. The van der Waals surface area contributed by atoms with Crippen LogP contribution in [0, 0.1) is 0 Å². The molecular weight excluding hydrogens is 898 g/mol. The molecule has 366 valence electrons. The molecule has 3 amide bonds. The molecule has 4 aromatic rings. The number of hydrogen-bond donors (Lipinski definition) is 3. The summed E-state index contributed by atoms with van der Waals surface area (Å²) >= 11 is 0. The fourth-order valence-corrected chi connectivity index (χ4v) is 10.4. The number of nitrogens with zero attached hydrogens (tertiary/aromatic N) is 3. The van der Waals surface area contributed by atoms with Crippen LogP contribution in [0.5, 0.6) is 23.0 Å². The highest BCUT2D eigenvalue weighted by atomic mass is 35.5. The summed E-state index contributed by atoms with van der Waals surface area (Å²) in [4.78, 5) is 67.7. The zero-order valence-electron chi connectivity index (χ0n) is 41.8. The van der Waals surface area contributed by atoms with Gasteiger partial charge in [0.05, 0.1) is 43.3 Å². The molecule has 14 nitrogen and oxygen atoms in total. The number of fused-ring (bicyclic) bond motifs is 6. The van der Waals surface area contributed by atoms with Crippen molar-refractivity contribution in [1.82, 2.24) is 10.2 Å². The maximum atomic E-state index is 15.1. The molecule has 0 radical (unpaired) electrons. The van der Waals surface area contributed by atoms with E-state index in [0.717, 1.165) is 38.3 Å². The summed E-state index contributed by atoms with van der Waals surface area (Å²) in [6.07, 6.45) is 2.52. The Morgan fingerprint density at radius 1 is 0.710 bits per heavy atom. The minimum Gasteiger partial charge on any atom is -0.493 e. The Morgan fingerprint density at radius 2 is 1.14 bits per heavy atom. The molecule has 4 N–H and O–H groups in total. The van der Waals surface area contributed by atoms with Gasteiger partial charge in [0, 0.05) is 57.3 Å². The van der Waals surface area contributed by atoms with E-state index in [0.29, 0.717) is 71.2 Å². The van der Waals surface area contributed by atoms with Crippen LogP contribution in [-0.4, -0.2) is 99.2 Å². The second-order valence-electron chi connectivity index (χ2n) is 21.8. The Kier molecular flexibility index (Phi) is 12.6. The Bertz CT molecular complexity index is 2900. The SMILES string of the molecule is COc1cc2c(c3c1OC(C)(C)C3)C(c1cccc(C(=O)NC[C@@](C)(C(=O)O)N(C(=O)c3cccc(C4=NC(C)(C)Cc5cc(OC)c6c(c54)CC(C)(C)O6)c3)C(C)(C)C(N)=O)c1)=NC(C)(C)C2.Cl. The fraction of sp³-hybridized carbons (Fsp3) is 0.444. The predicted molar refractivity (Wildman–Crippen MR) is 268 cm³/mol. The molecule has 0 fully saturated rings. The van der Waals surface area contributed by atoms with Crippen molar-refractivity contribution in [3.8, 4) is 23.0 Å². The van der Waals surface area contributed by atoms with Gasteiger partial charge in [-0.3, -0.25) is 24.4 Å². The number of carboxylic acids is 1. The molecule has 0 saturated heterocycles. The van der Waals surface area contributed by atoms with Crippen LogP contribution in [0.2, 0.25) is 0 Å². The van der Waals surface area contributed by atoms with Gasteiger partial charge in [0.2, 0.25) is 5.91 Å².